The molecule has 22 heavy (non-hydrogen) atoms. The lowest BCUT2D eigenvalue weighted by Crippen LogP contribution is -2.32. The van der Waals surface area contributed by atoms with Crippen molar-refractivity contribution in [2.45, 2.75) is 19.1 Å². The summed E-state index contributed by atoms with van der Waals surface area (Å²) < 4.78 is 38.8. The van der Waals surface area contributed by atoms with Crippen molar-refractivity contribution < 1.29 is 18.0 Å². The second-order valence-electron chi connectivity index (χ2n) is 4.55. The average Bonchev–Trinajstić information content (AvgIpc) is 2.46. The Morgan fingerprint density at radius 3 is 2.64 bits per heavy atom. The molecule has 0 radical (unpaired) electrons. The Labute approximate surface area is 123 Å². The van der Waals surface area contributed by atoms with Crippen molar-refractivity contribution in [3.05, 3.63) is 58.5 Å². The van der Waals surface area contributed by atoms with Gasteiger partial charge in [0.1, 0.15) is 6.04 Å². The molecule has 1 aromatic heterocycles. The first-order chi connectivity index (χ1) is 10.3. The number of alkyl halides is 3. The predicted octanol–water partition coefficient (Wildman–Crippen LogP) is 2.46. The first-order valence-electron chi connectivity index (χ1n) is 6.31. The van der Waals surface area contributed by atoms with Crippen LogP contribution in [0.5, 0.6) is 0 Å². The molecule has 1 aromatic carbocycles. The maximum Gasteiger partial charge on any atom is 0.416 e. The van der Waals surface area contributed by atoms with Crippen molar-refractivity contribution in [2.24, 2.45) is 0 Å². The number of hydrogen-bond donors (Lipinski definition) is 1. The molecule has 1 amide bonds. The quantitative estimate of drug-likeness (QED) is 0.947. The van der Waals surface area contributed by atoms with Crippen LogP contribution in [0.2, 0.25) is 0 Å². The van der Waals surface area contributed by atoms with Crippen molar-refractivity contribution in [3.63, 3.8) is 0 Å². The van der Waals surface area contributed by atoms with Crippen LogP contribution < -0.4 is 10.9 Å². The van der Waals surface area contributed by atoms with Gasteiger partial charge in [0.15, 0.2) is 0 Å². The second kappa shape index (κ2) is 6.00. The third kappa shape index (κ3) is 3.51. The molecule has 0 bridgehead atoms. The van der Waals surface area contributed by atoms with Crippen LogP contribution in [0.4, 0.5) is 18.9 Å². The largest absolute Gasteiger partial charge is 0.416 e. The number of carbonyl (C=O) groups excluding carboxylic acids is 1. The third-order valence-corrected chi connectivity index (χ3v) is 2.95. The standard InChI is InChI=1S/C14H12F3N3O2/c1-9(20-12(21)6-3-7-18-20)13(22)19-11-5-2-4-10(8-11)14(15,16)17/h2-9H,1H3,(H,19,22). The summed E-state index contributed by atoms with van der Waals surface area (Å²) in [4.78, 5) is 23.6. The van der Waals surface area contributed by atoms with E-state index in [0.717, 1.165) is 16.8 Å². The molecule has 0 aliphatic carbocycles. The lowest BCUT2D eigenvalue weighted by atomic mass is 10.2. The fourth-order valence-corrected chi connectivity index (χ4v) is 1.79. The Bertz CT molecular complexity index is 740. The zero-order chi connectivity index (χ0) is 16.3. The van der Waals surface area contributed by atoms with E-state index in [1.165, 1.54) is 37.4 Å². The van der Waals surface area contributed by atoms with Crippen LogP contribution in [0.1, 0.15) is 18.5 Å². The zero-order valence-electron chi connectivity index (χ0n) is 11.5. The Kier molecular flexibility index (Phi) is 4.30. The van der Waals surface area contributed by atoms with Crippen molar-refractivity contribution in [2.75, 3.05) is 5.32 Å². The van der Waals surface area contributed by atoms with Crippen LogP contribution in [0.25, 0.3) is 0 Å². The second-order valence-corrected chi connectivity index (χ2v) is 4.55. The molecule has 0 saturated carbocycles. The van der Waals surface area contributed by atoms with Crippen molar-refractivity contribution in [1.82, 2.24) is 9.78 Å². The third-order valence-electron chi connectivity index (χ3n) is 2.95. The first-order valence-corrected chi connectivity index (χ1v) is 6.31. The first kappa shape index (κ1) is 15.7. The Balaban J connectivity index is 2.19. The molecule has 0 aliphatic rings. The van der Waals surface area contributed by atoms with Gasteiger partial charge in [-0.2, -0.15) is 18.3 Å². The van der Waals surface area contributed by atoms with Gasteiger partial charge in [-0.3, -0.25) is 9.59 Å². The number of carbonyl (C=O) groups is 1. The molecule has 0 fully saturated rings. The van der Waals surface area contributed by atoms with Crippen LogP contribution >= 0.6 is 0 Å². The van der Waals surface area contributed by atoms with Gasteiger partial charge in [-0.15, -0.1) is 0 Å². The molecule has 1 N–H and O–H groups in total. The summed E-state index contributed by atoms with van der Waals surface area (Å²) in [7, 11) is 0. The summed E-state index contributed by atoms with van der Waals surface area (Å²) in [6, 6.07) is 5.96. The van der Waals surface area contributed by atoms with Gasteiger partial charge >= 0.3 is 6.18 Å². The van der Waals surface area contributed by atoms with Gasteiger partial charge in [0.05, 0.1) is 5.56 Å². The predicted molar refractivity (Wildman–Crippen MR) is 73.3 cm³/mol. The Morgan fingerprint density at radius 1 is 1.27 bits per heavy atom. The highest BCUT2D eigenvalue weighted by Crippen LogP contribution is 2.30. The number of nitrogens with zero attached hydrogens (tertiary/aromatic N) is 2. The van der Waals surface area contributed by atoms with E-state index in [1.54, 1.807) is 0 Å². The highest BCUT2D eigenvalue weighted by Gasteiger charge is 2.30. The lowest BCUT2D eigenvalue weighted by molar-refractivity contribution is -0.137. The van der Waals surface area contributed by atoms with E-state index in [4.69, 9.17) is 0 Å². The molecule has 0 aliphatic heterocycles. The highest BCUT2D eigenvalue weighted by atomic mass is 19.4. The van der Waals surface area contributed by atoms with Gasteiger partial charge in [0, 0.05) is 18.0 Å². The summed E-state index contributed by atoms with van der Waals surface area (Å²) in [5, 5.41) is 6.10. The molecular formula is C14H12F3N3O2. The van der Waals surface area contributed by atoms with Crippen LogP contribution in [-0.2, 0) is 11.0 Å². The van der Waals surface area contributed by atoms with E-state index >= 15 is 0 Å². The van der Waals surface area contributed by atoms with E-state index in [1.807, 2.05) is 0 Å². The molecule has 0 saturated heterocycles. The number of benzene rings is 1. The van der Waals surface area contributed by atoms with Gasteiger partial charge in [-0.25, -0.2) is 4.68 Å². The molecule has 1 heterocycles. The molecule has 2 aromatic rings. The Hall–Kier alpha value is -2.64. The van der Waals surface area contributed by atoms with Crippen molar-refractivity contribution in [1.29, 1.82) is 0 Å². The smallest absolute Gasteiger partial charge is 0.324 e. The van der Waals surface area contributed by atoms with Crippen molar-refractivity contribution in [3.8, 4) is 0 Å². The maximum atomic E-state index is 12.6. The minimum atomic E-state index is -4.50. The molecule has 8 heteroatoms. The normalized spacial score (nSPS) is 12.7. The fraction of sp³-hybridized carbons (Fsp3) is 0.214. The zero-order valence-corrected chi connectivity index (χ0v) is 11.5. The summed E-state index contributed by atoms with van der Waals surface area (Å²) in [5.74, 6) is -0.639. The minimum absolute atomic E-state index is 0.00402. The number of anilines is 1. The number of amides is 1. The van der Waals surface area contributed by atoms with E-state index < -0.39 is 29.2 Å². The average molecular weight is 311 g/mol. The van der Waals surface area contributed by atoms with Gasteiger partial charge in [0.2, 0.25) is 5.91 Å². The van der Waals surface area contributed by atoms with Crippen molar-refractivity contribution >= 4 is 11.6 Å². The lowest BCUT2D eigenvalue weighted by Gasteiger charge is -2.14. The van der Waals surface area contributed by atoms with Gasteiger partial charge in [0.25, 0.3) is 5.56 Å². The van der Waals surface area contributed by atoms with Gasteiger partial charge in [-0.05, 0) is 31.2 Å². The SMILES string of the molecule is CC(C(=O)Nc1cccc(C(F)(F)F)c1)n1ncccc1=O. The van der Waals surface area contributed by atoms with E-state index in [9.17, 15) is 22.8 Å². The molecule has 1 atom stereocenters. The van der Waals surface area contributed by atoms with Gasteiger partial charge in [-0.1, -0.05) is 6.07 Å². The maximum absolute atomic E-state index is 12.6. The molecule has 5 nitrogen and oxygen atoms in total. The molecule has 2 rings (SSSR count). The number of hydrogen-bond acceptors (Lipinski definition) is 3. The number of aromatic nitrogens is 2. The van der Waals surface area contributed by atoms with Crippen LogP contribution in [0.3, 0.4) is 0 Å². The van der Waals surface area contributed by atoms with E-state index in [0.29, 0.717) is 0 Å². The monoisotopic (exact) mass is 311 g/mol. The molecule has 1 unspecified atom stereocenters. The van der Waals surface area contributed by atoms with Gasteiger partial charge < -0.3 is 5.32 Å². The summed E-state index contributed by atoms with van der Waals surface area (Å²) in [6.07, 6.45) is -3.15. The highest BCUT2D eigenvalue weighted by molar-refractivity contribution is 5.93. The van der Waals surface area contributed by atoms with Crippen LogP contribution in [0.15, 0.2) is 47.4 Å². The summed E-state index contributed by atoms with van der Waals surface area (Å²) in [5.41, 5.74) is -1.35. The van der Waals surface area contributed by atoms with Crippen LogP contribution in [0, 0.1) is 0 Å². The number of rotatable bonds is 3. The Morgan fingerprint density at radius 2 is 2.00 bits per heavy atom. The van der Waals surface area contributed by atoms with E-state index in [-0.39, 0.29) is 5.69 Å². The summed E-state index contributed by atoms with van der Waals surface area (Å²) >= 11 is 0. The summed E-state index contributed by atoms with van der Waals surface area (Å²) in [6.45, 7) is 1.43. The number of nitrogens with one attached hydrogen (secondary N) is 1. The van der Waals surface area contributed by atoms with Crippen LogP contribution in [-0.4, -0.2) is 15.7 Å². The topological polar surface area (TPSA) is 64.0 Å². The number of halogens is 3. The fourth-order valence-electron chi connectivity index (χ4n) is 1.79. The van der Waals surface area contributed by atoms with E-state index in [2.05, 4.69) is 10.4 Å². The molecule has 116 valence electrons. The molecular weight excluding hydrogens is 299 g/mol. The minimum Gasteiger partial charge on any atom is -0.324 e. The molecule has 0 spiro atoms.